The number of aromatic hydroxyl groups is 1. The molecule has 1 aromatic carbocycles. The summed E-state index contributed by atoms with van der Waals surface area (Å²) in [4.78, 5) is 38.0. The number of carbonyl (C=O) groups is 3. The minimum atomic E-state index is -3.01. The summed E-state index contributed by atoms with van der Waals surface area (Å²) in [5.41, 5.74) is -0.982. The maximum Gasteiger partial charge on any atom is 0.202 e. The van der Waals surface area contributed by atoms with Gasteiger partial charge in [0.25, 0.3) is 0 Å². The van der Waals surface area contributed by atoms with E-state index < -0.39 is 80.9 Å². The lowest BCUT2D eigenvalue weighted by atomic mass is 9.53. The Morgan fingerprint density at radius 1 is 1.13 bits per heavy atom. The number of aliphatic hydroxyl groups is 5. The van der Waals surface area contributed by atoms with Gasteiger partial charge in [0.1, 0.15) is 22.8 Å². The normalized spacial score (nSPS) is 37.4. The summed E-state index contributed by atoms with van der Waals surface area (Å²) in [5.74, 6) is -9.32. The molecule has 0 amide bonds. The summed E-state index contributed by atoms with van der Waals surface area (Å²) in [6.45, 7) is 2.17. The van der Waals surface area contributed by atoms with Gasteiger partial charge in [-0.3, -0.25) is 14.4 Å². The Labute approximate surface area is 175 Å². The van der Waals surface area contributed by atoms with Crippen LogP contribution in [-0.4, -0.2) is 65.7 Å². The van der Waals surface area contributed by atoms with Crippen LogP contribution in [0, 0.1) is 11.8 Å². The van der Waals surface area contributed by atoms with Crippen molar-refractivity contribution < 1.29 is 45.0 Å². The summed E-state index contributed by atoms with van der Waals surface area (Å²) in [6.07, 6.45) is -1.90. The van der Waals surface area contributed by atoms with Crippen molar-refractivity contribution >= 4 is 23.1 Å². The van der Waals surface area contributed by atoms with Crippen LogP contribution in [0.4, 0.5) is 0 Å². The fraction of sp³-hybridized carbons (Fsp3) is 0.381. The fourth-order valence-corrected chi connectivity index (χ4v) is 5.22. The predicted molar refractivity (Wildman–Crippen MR) is 103 cm³/mol. The highest BCUT2D eigenvalue weighted by molar-refractivity contribution is 6.25. The molecule has 10 nitrogen and oxygen atoms in total. The number of fused-ring (bicyclic) bond motifs is 3. The molecule has 1 saturated carbocycles. The van der Waals surface area contributed by atoms with Gasteiger partial charge in [0, 0.05) is 0 Å². The first-order valence-electron chi connectivity index (χ1n) is 9.47. The van der Waals surface area contributed by atoms with Crippen molar-refractivity contribution in [3.8, 4) is 5.75 Å². The number of hydrogen-bond acceptors (Lipinski definition) is 10. The molecule has 4 unspecified atom stereocenters. The van der Waals surface area contributed by atoms with E-state index in [2.05, 4.69) is 0 Å². The highest BCUT2D eigenvalue weighted by atomic mass is 16.4. The first-order chi connectivity index (χ1) is 14.3. The van der Waals surface area contributed by atoms with Crippen LogP contribution in [-0.2, 0) is 20.0 Å². The van der Waals surface area contributed by atoms with Gasteiger partial charge in [0.2, 0.25) is 5.78 Å². The number of Topliss-reactive ketones (excluding diaryl/α,β-unsaturated/α-hetero) is 3. The fourth-order valence-electron chi connectivity index (χ4n) is 5.22. The number of benzene rings is 1. The summed E-state index contributed by atoms with van der Waals surface area (Å²) in [7, 11) is 0. The molecule has 0 saturated heterocycles. The van der Waals surface area contributed by atoms with Gasteiger partial charge in [-0.25, -0.2) is 0 Å². The number of phenols is 1. The van der Waals surface area contributed by atoms with Crippen molar-refractivity contribution in [3.05, 3.63) is 46.2 Å². The number of nitrogens with two attached hydrogens (primary N) is 1. The highest BCUT2D eigenvalue weighted by Crippen LogP contribution is 2.56. The smallest absolute Gasteiger partial charge is 0.202 e. The molecule has 8 N–H and O–H groups in total. The van der Waals surface area contributed by atoms with Crippen molar-refractivity contribution in [3.63, 3.8) is 0 Å². The van der Waals surface area contributed by atoms with E-state index in [-0.39, 0.29) is 11.1 Å². The third-order valence-corrected chi connectivity index (χ3v) is 6.66. The van der Waals surface area contributed by atoms with Crippen molar-refractivity contribution in [1.82, 2.24) is 0 Å². The van der Waals surface area contributed by atoms with E-state index in [0.717, 1.165) is 6.92 Å². The maximum atomic E-state index is 13.5. The predicted octanol–water partition coefficient (Wildman–Crippen LogP) is -0.899. The van der Waals surface area contributed by atoms with Crippen LogP contribution >= 0.6 is 0 Å². The SMILES string of the molecule is CC(=O)C1=C(O)[C@@]2(O)C(=O)C3=C(O)c4c(O)cccc4C(C)(O)C3C(O)C2[C@H](N)C1=O. The Kier molecular flexibility index (Phi) is 4.26. The molecule has 10 heteroatoms. The molecule has 1 aromatic rings. The Balaban J connectivity index is 2.09. The molecule has 0 radical (unpaired) electrons. The number of carbonyl (C=O) groups excluding carboxylic acids is 3. The monoisotopic (exact) mass is 431 g/mol. The van der Waals surface area contributed by atoms with E-state index in [1.54, 1.807) is 0 Å². The van der Waals surface area contributed by atoms with Crippen LogP contribution in [0.1, 0.15) is 25.0 Å². The molecular formula is C21H21NO9. The molecule has 0 aliphatic heterocycles. The third kappa shape index (κ3) is 2.32. The molecule has 0 spiro atoms. The molecule has 1 fully saturated rings. The van der Waals surface area contributed by atoms with Gasteiger partial charge in [-0.05, 0) is 25.5 Å². The largest absolute Gasteiger partial charge is 0.508 e. The minimum absolute atomic E-state index is 0.00376. The van der Waals surface area contributed by atoms with E-state index >= 15 is 0 Å². The lowest BCUT2D eigenvalue weighted by Crippen LogP contribution is -2.71. The lowest BCUT2D eigenvalue weighted by Gasteiger charge is -2.54. The van der Waals surface area contributed by atoms with Crippen LogP contribution in [0.15, 0.2) is 35.1 Å². The summed E-state index contributed by atoms with van der Waals surface area (Å²) >= 11 is 0. The van der Waals surface area contributed by atoms with Crippen molar-refractivity contribution in [2.75, 3.05) is 0 Å². The van der Waals surface area contributed by atoms with Gasteiger partial charge in [0.05, 0.1) is 40.7 Å². The molecule has 6 atom stereocenters. The zero-order chi connectivity index (χ0) is 23.2. The second kappa shape index (κ2) is 6.24. The third-order valence-electron chi connectivity index (χ3n) is 6.66. The van der Waals surface area contributed by atoms with E-state index in [1.165, 1.54) is 25.1 Å². The molecule has 0 heterocycles. The van der Waals surface area contributed by atoms with Gasteiger partial charge >= 0.3 is 0 Å². The molecule has 31 heavy (non-hydrogen) atoms. The average molecular weight is 431 g/mol. The number of phenolic OH excluding ortho intramolecular Hbond substituents is 1. The van der Waals surface area contributed by atoms with Gasteiger partial charge < -0.3 is 36.4 Å². The molecule has 164 valence electrons. The number of ketones is 3. The van der Waals surface area contributed by atoms with Gasteiger partial charge in [-0.2, -0.15) is 0 Å². The van der Waals surface area contributed by atoms with Gasteiger partial charge in [0.15, 0.2) is 17.2 Å². The van der Waals surface area contributed by atoms with Crippen molar-refractivity contribution in [2.45, 2.75) is 37.2 Å². The molecule has 4 rings (SSSR count). The minimum Gasteiger partial charge on any atom is -0.508 e. The van der Waals surface area contributed by atoms with Crippen molar-refractivity contribution in [1.29, 1.82) is 0 Å². The van der Waals surface area contributed by atoms with Crippen molar-refractivity contribution in [2.24, 2.45) is 17.6 Å². The van der Waals surface area contributed by atoms with E-state index in [4.69, 9.17) is 5.73 Å². The molecule has 3 aliphatic carbocycles. The molecule has 0 bridgehead atoms. The number of hydrogen-bond donors (Lipinski definition) is 7. The van der Waals surface area contributed by atoms with Crippen LogP contribution in [0.3, 0.4) is 0 Å². The Bertz CT molecular complexity index is 1130. The van der Waals surface area contributed by atoms with E-state index in [0.29, 0.717) is 0 Å². The second-order valence-electron chi connectivity index (χ2n) is 8.37. The second-order valence-corrected chi connectivity index (χ2v) is 8.37. The zero-order valence-electron chi connectivity index (χ0n) is 16.5. The maximum absolute atomic E-state index is 13.5. The Hall–Kier alpha value is -3.05. The first-order valence-corrected chi connectivity index (χ1v) is 9.47. The topological polar surface area (TPSA) is 199 Å². The van der Waals surface area contributed by atoms with Gasteiger partial charge in [-0.1, -0.05) is 12.1 Å². The van der Waals surface area contributed by atoms with Crippen LogP contribution in [0.2, 0.25) is 0 Å². The first kappa shape index (κ1) is 21.2. The Morgan fingerprint density at radius 3 is 2.32 bits per heavy atom. The quantitative estimate of drug-likeness (QED) is 0.273. The summed E-state index contributed by atoms with van der Waals surface area (Å²) < 4.78 is 0. The van der Waals surface area contributed by atoms with E-state index in [1.807, 2.05) is 0 Å². The molecule has 3 aliphatic rings. The number of rotatable bonds is 1. The van der Waals surface area contributed by atoms with Crippen LogP contribution < -0.4 is 5.73 Å². The number of aliphatic hydroxyl groups excluding tert-OH is 3. The molecule has 0 aromatic heterocycles. The standard InChI is InChI=1S/C21H21NO9/c1-6(23)9-16(26)14(22)13-17(27)12-11(19(29)21(13,31)18(9)28)15(25)10-7(20(12,2)30)4-3-5-8(10)24/h3-5,12-14,17,24-25,27-28,30-31H,22H2,1-2H3/t12?,13?,14-,17?,20?,21+/m0/s1. The highest BCUT2D eigenvalue weighted by Gasteiger charge is 2.69. The summed E-state index contributed by atoms with van der Waals surface area (Å²) in [6, 6.07) is 2.20. The van der Waals surface area contributed by atoms with Crippen LogP contribution in [0.5, 0.6) is 5.75 Å². The van der Waals surface area contributed by atoms with Gasteiger partial charge in [-0.15, -0.1) is 0 Å². The lowest BCUT2D eigenvalue weighted by molar-refractivity contribution is -0.175. The zero-order valence-corrected chi connectivity index (χ0v) is 16.5. The van der Waals surface area contributed by atoms with Crippen LogP contribution in [0.25, 0.3) is 5.76 Å². The molecular weight excluding hydrogens is 410 g/mol. The Morgan fingerprint density at radius 2 is 1.74 bits per heavy atom. The van der Waals surface area contributed by atoms with E-state index in [9.17, 15) is 45.0 Å². The summed E-state index contributed by atoms with van der Waals surface area (Å²) in [5, 5.41) is 65.4. The average Bonchev–Trinajstić information content (AvgIpc) is 2.67.